The van der Waals surface area contributed by atoms with Crippen molar-refractivity contribution in [1.29, 1.82) is 0 Å². The van der Waals surface area contributed by atoms with Gasteiger partial charge in [-0.25, -0.2) is 0 Å². The zero-order chi connectivity index (χ0) is 16.5. The lowest BCUT2D eigenvalue weighted by Crippen LogP contribution is -3.14. The highest BCUT2D eigenvalue weighted by Gasteiger charge is 2.12. The maximum Gasteiger partial charge on any atom is 0.187 e. The van der Waals surface area contributed by atoms with Crippen LogP contribution in [0.15, 0.2) is 29.4 Å². The standard InChI is InChI=1S/C16H23ClN4OS/c1-2-15(13-3-5-14(17)6-4-13)19-20-16(23)18-7-8-21-9-11-22-12-10-21/h3-6H,2,7-12H2,1H3,(H2,18,20,23)/p+1/b19-15-. The average molecular weight is 356 g/mol. The number of hydrazone groups is 1. The van der Waals surface area contributed by atoms with Crippen LogP contribution in [0.25, 0.3) is 0 Å². The van der Waals surface area contributed by atoms with Gasteiger partial charge in [-0.15, -0.1) is 0 Å². The van der Waals surface area contributed by atoms with Crippen LogP contribution in [0.4, 0.5) is 0 Å². The van der Waals surface area contributed by atoms with Crippen molar-refractivity contribution in [3.8, 4) is 0 Å². The van der Waals surface area contributed by atoms with Crippen molar-refractivity contribution < 1.29 is 9.64 Å². The molecule has 0 bridgehead atoms. The molecule has 0 unspecified atom stereocenters. The van der Waals surface area contributed by atoms with Gasteiger partial charge in [0.1, 0.15) is 13.1 Å². The Morgan fingerprint density at radius 3 is 2.65 bits per heavy atom. The molecule has 1 fully saturated rings. The molecule has 3 N–H and O–H groups in total. The first-order valence-electron chi connectivity index (χ1n) is 7.96. The first kappa shape index (κ1) is 18.1. The van der Waals surface area contributed by atoms with E-state index >= 15 is 0 Å². The summed E-state index contributed by atoms with van der Waals surface area (Å²) in [6.45, 7) is 7.76. The first-order chi connectivity index (χ1) is 11.2. The molecule has 0 aromatic heterocycles. The largest absolute Gasteiger partial charge is 0.370 e. The molecule has 7 heteroatoms. The topological polar surface area (TPSA) is 50.1 Å². The van der Waals surface area contributed by atoms with E-state index in [1.165, 1.54) is 0 Å². The number of ether oxygens (including phenoxy) is 1. The van der Waals surface area contributed by atoms with Gasteiger partial charge >= 0.3 is 0 Å². The Labute approximate surface area is 148 Å². The molecule has 0 aliphatic carbocycles. The minimum absolute atomic E-state index is 0.553. The minimum Gasteiger partial charge on any atom is -0.370 e. The van der Waals surface area contributed by atoms with Crippen molar-refractivity contribution in [2.45, 2.75) is 13.3 Å². The highest BCUT2D eigenvalue weighted by molar-refractivity contribution is 7.80. The van der Waals surface area contributed by atoms with Gasteiger partial charge in [-0.1, -0.05) is 30.7 Å². The van der Waals surface area contributed by atoms with Crippen LogP contribution in [-0.2, 0) is 4.74 Å². The zero-order valence-electron chi connectivity index (χ0n) is 13.4. The second-order valence-corrected chi connectivity index (χ2v) is 6.24. The number of nitrogens with one attached hydrogen (secondary N) is 3. The van der Waals surface area contributed by atoms with Crippen LogP contribution in [0.2, 0.25) is 5.02 Å². The minimum atomic E-state index is 0.553. The van der Waals surface area contributed by atoms with Crippen LogP contribution in [0.5, 0.6) is 0 Å². The van der Waals surface area contributed by atoms with Crippen molar-refractivity contribution in [2.75, 3.05) is 39.4 Å². The number of hydrogen-bond acceptors (Lipinski definition) is 3. The second-order valence-electron chi connectivity index (χ2n) is 5.40. The van der Waals surface area contributed by atoms with Crippen LogP contribution in [0.3, 0.4) is 0 Å². The molecule has 1 heterocycles. The Balaban J connectivity index is 1.75. The Bertz CT molecular complexity index is 529. The number of benzene rings is 1. The molecule has 5 nitrogen and oxygen atoms in total. The van der Waals surface area contributed by atoms with Crippen molar-refractivity contribution in [1.82, 2.24) is 10.7 Å². The number of rotatable bonds is 6. The fourth-order valence-electron chi connectivity index (χ4n) is 2.41. The van der Waals surface area contributed by atoms with E-state index in [-0.39, 0.29) is 0 Å². The summed E-state index contributed by atoms with van der Waals surface area (Å²) >= 11 is 11.2. The summed E-state index contributed by atoms with van der Waals surface area (Å²) in [5.74, 6) is 0. The van der Waals surface area contributed by atoms with E-state index in [2.05, 4.69) is 22.8 Å². The number of morpholine rings is 1. The third-order valence-corrected chi connectivity index (χ3v) is 4.26. The van der Waals surface area contributed by atoms with E-state index in [1.807, 2.05) is 24.3 Å². The van der Waals surface area contributed by atoms with Crippen LogP contribution in [-0.4, -0.2) is 50.2 Å². The molecule has 0 radical (unpaired) electrons. The summed E-state index contributed by atoms with van der Waals surface area (Å²) in [5.41, 5.74) is 4.92. The lowest BCUT2D eigenvalue weighted by Gasteiger charge is -2.23. The van der Waals surface area contributed by atoms with Gasteiger partial charge in [0.05, 0.1) is 32.0 Å². The van der Waals surface area contributed by atoms with Gasteiger partial charge in [-0.2, -0.15) is 5.10 Å². The highest BCUT2D eigenvalue weighted by atomic mass is 35.5. The predicted octanol–water partition coefficient (Wildman–Crippen LogP) is 0.833. The molecule has 1 aliphatic heterocycles. The van der Waals surface area contributed by atoms with Crippen molar-refractivity contribution in [3.05, 3.63) is 34.9 Å². The van der Waals surface area contributed by atoms with E-state index in [0.717, 1.165) is 62.1 Å². The van der Waals surface area contributed by atoms with Crippen LogP contribution in [0, 0.1) is 0 Å². The Morgan fingerprint density at radius 2 is 2.00 bits per heavy atom. The molecule has 2 rings (SSSR count). The van der Waals surface area contributed by atoms with E-state index in [9.17, 15) is 0 Å². The Kier molecular flexibility index (Phi) is 7.74. The molecule has 0 amide bonds. The quantitative estimate of drug-likeness (QED) is 0.402. The molecule has 0 saturated carbocycles. The second kappa shape index (κ2) is 9.82. The van der Waals surface area contributed by atoms with Crippen molar-refractivity contribution in [3.63, 3.8) is 0 Å². The van der Waals surface area contributed by atoms with E-state index in [4.69, 9.17) is 28.6 Å². The van der Waals surface area contributed by atoms with Crippen LogP contribution in [0.1, 0.15) is 18.9 Å². The summed E-state index contributed by atoms with van der Waals surface area (Å²) < 4.78 is 5.35. The Morgan fingerprint density at radius 1 is 1.30 bits per heavy atom. The maximum atomic E-state index is 5.91. The SMILES string of the molecule is CC/C(=N/NC(=S)NCC[NH+]1CCOCC1)c1ccc(Cl)cc1. The van der Waals surface area contributed by atoms with Gasteiger partial charge in [0.25, 0.3) is 0 Å². The summed E-state index contributed by atoms with van der Waals surface area (Å²) in [7, 11) is 0. The predicted molar refractivity (Wildman–Crippen MR) is 98.4 cm³/mol. The molecule has 0 spiro atoms. The van der Waals surface area contributed by atoms with Crippen LogP contribution < -0.4 is 15.6 Å². The normalized spacial score (nSPS) is 16.2. The lowest BCUT2D eigenvalue weighted by molar-refractivity contribution is -0.906. The molecule has 23 heavy (non-hydrogen) atoms. The van der Waals surface area contributed by atoms with E-state index in [0.29, 0.717) is 5.11 Å². The summed E-state index contributed by atoms with van der Waals surface area (Å²) in [4.78, 5) is 1.55. The first-order valence-corrected chi connectivity index (χ1v) is 8.75. The molecule has 126 valence electrons. The number of halogens is 1. The summed E-state index contributed by atoms with van der Waals surface area (Å²) in [6, 6.07) is 7.66. The van der Waals surface area contributed by atoms with Gasteiger partial charge in [0.15, 0.2) is 5.11 Å². The van der Waals surface area contributed by atoms with Gasteiger partial charge in [0, 0.05) is 5.02 Å². The average Bonchev–Trinajstić information content (AvgIpc) is 2.58. The number of hydrogen-bond donors (Lipinski definition) is 3. The molecular formula is C16H24ClN4OS+. The van der Waals surface area contributed by atoms with E-state index in [1.54, 1.807) is 4.90 Å². The number of quaternary nitrogens is 1. The smallest absolute Gasteiger partial charge is 0.187 e. The molecule has 1 aliphatic rings. The summed E-state index contributed by atoms with van der Waals surface area (Å²) in [5, 5.41) is 8.88. The van der Waals surface area contributed by atoms with Crippen LogP contribution >= 0.6 is 23.8 Å². The molecule has 1 aromatic rings. The monoisotopic (exact) mass is 355 g/mol. The fourth-order valence-corrected chi connectivity index (χ4v) is 2.68. The van der Waals surface area contributed by atoms with Crippen molar-refractivity contribution in [2.24, 2.45) is 5.10 Å². The molecule has 1 saturated heterocycles. The highest BCUT2D eigenvalue weighted by Crippen LogP contribution is 2.11. The Hall–Kier alpha value is -1.21. The van der Waals surface area contributed by atoms with Gasteiger partial charge < -0.3 is 15.0 Å². The van der Waals surface area contributed by atoms with Gasteiger partial charge in [-0.05, 0) is 36.3 Å². The maximum absolute atomic E-state index is 5.91. The number of thiocarbonyl (C=S) groups is 1. The molecule has 1 aromatic carbocycles. The van der Waals surface area contributed by atoms with Gasteiger partial charge in [-0.3, -0.25) is 5.43 Å². The number of nitrogens with zero attached hydrogens (tertiary/aromatic N) is 1. The third-order valence-electron chi connectivity index (χ3n) is 3.77. The molecular weight excluding hydrogens is 332 g/mol. The van der Waals surface area contributed by atoms with Gasteiger partial charge in [0.2, 0.25) is 0 Å². The van der Waals surface area contributed by atoms with E-state index < -0.39 is 0 Å². The fraction of sp³-hybridized carbons (Fsp3) is 0.500. The van der Waals surface area contributed by atoms with Crippen molar-refractivity contribution >= 4 is 34.6 Å². The lowest BCUT2D eigenvalue weighted by atomic mass is 10.1. The molecule has 0 atom stereocenters. The third kappa shape index (κ3) is 6.43. The zero-order valence-corrected chi connectivity index (χ0v) is 15.0. The summed E-state index contributed by atoms with van der Waals surface area (Å²) in [6.07, 6.45) is 0.815.